The molecule has 0 spiro atoms. The standard InChI is InChI=1S/C41H33F6N3O2/c42-40(43,44)23-35-36(50-35)37(51)39(33-14-5-3-11-30(33)31-12-4-6-15-34(31)39)22-8-7-9-27-20-21-28(24-48-27)49-38(52)32-13-2-1-10-29(32)25-16-18-26(19-17-25)41(45,46)47/h1-6,10-21,24,35-36,50H,7-9,22-23H2,(H,49,52)/t35?,36-/m1/s1. The molecule has 1 unspecified atom stereocenters. The lowest BCUT2D eigenvalue weighted by Gasteiger charge is -2.31. The number of aryl methyl sites for hydroxylation is 1. The molecule has 1 fully saturated rings. The third-order valence-electron chi connectivity index (χ3n) is 9.92. The van der Waals surface area contributed by atoms with Crippen molar-refractivity contribution in [1.29, 1.82) is 0 Å². The molecule has 2 N–H and O–H groups in total. The van der Waals surface area contributed by atoms with Crippen molar-refractivity contribution in [2.45, 2.75) is 62.0 Å². The van der Waals surface area contributed by atoms with Crippen molar-refractivity contribution < 1.29 is 35.9 Å². The van der Waals surface area contributed by atoms with Crippen LogP contribution in [0.1, 0.15) is 58.4 Å². The highest BCUT2D eigenvalue weighted by atomic mass is 19.4. The van der Waals surface area contributed by atoms with Gasteiger partial charge in [0.15, 0.2) is 5.78 Å². The minimum absolute atomic E-state index is 0.239. The van der Waals surface area contributed by atoms with E-state index in [-0.39, 0.29) is 11.3 Å². The molecule has 1 saturated heterocycles. The van der Waals surface area contributed by atoms with Crippen LogP contribution in [0.25, 0.3) is 22.3 Å². The minimum atomic E-state index is -4.47. The molecule has 1 aliphatic heterocycles. The molecule has 0 saturated carbocycles. The molecule has 2 atom stereocenters. The van der Waals surface area contributed by atoms with Gasteiger partial charge in [0.2, 0.25) is 0 Å². The fourth-order valence-electron chi connectivity index (χ4n) is 7.42. The lowest BCUT2D eigenvalue weighted by molar-refractivity contribution is -0.138. The van der Waals surface area contributed by atoms with Crippen LogP contribution in [0.4, 0.5) is 32.0 Å². The van der Waals surface area contributed by atoms with Gasteiger partial charge in [-0.1, -0.05) is 85.3 Å². The fraction of sp³-hybridized carbons (Fsp3) is 0.244. The second kappa shape index (κ2) is 13.7. The molecule has 52 heavy (non-hydrogen) atoms. The number of nitrogens with one attached hydrogen (secondary N) is 2. The fourth-order valence-corrected chi connectivity index (χ4v) is 7.42. The van der Waals surface area contributed by atoms with Crippen molar-refractivity contribution in [3.05, 3.63) is 143 Å². The molecule has 2 aliphatic rings. The van der Waals surface area contributed by atoms with Crippen molar-refractivity contribution in [2.24, 2.45) is 0 Å². The van der Waals surface area contributed by atoms with E-state index in [9.17, 15) is 35.9 Å². The molecule has 11 heteroatoms. The number of Topliss-reactive ketones (excluding diaryl/α,β-unsaturated/α-hetero) is 1. The van der Waals surface area contributed by atoms with Crippen LogP contribution in [0.2, 0.25) is 0 Å². The van der Waals surface area contributed by atoms with Crippen molar-refractivity contribution in [3.63, 3.8) is 0 Å². The van der Waals surface area contributed by atoms with Crippen molar-refractivity contribution in [1.82, 2.24) is 10.3 Å². The Balaban J connectivity index is 1.02. The van der Waals surface area contributed by atoms with Gasteiger partial charge in [0.05, 0.1) is 35.3 Å². The van der Waals surface area contributed by atoms with Crippen molar-refractivity contribution in [2.75, 3.05) is 5.32 Å². The molecule has 266 valence electrons. The Bertz CT molecular complexity index is 2060. The number of alkyl halides is 6. The number of halogens is 6. The summed E-state index contributed by atoms with van der Waals surface area (Å²) in [6.45, 7) is 0. The highest BCUT2D eigenvalue weighted by molar-refractivity contribution is 6.09. The molecule has 5 nitrogen and oxygen atoms in total. The molecule has 5 aromatic rings. The summed E-state index contributed by atoms with van der Waals surface area (Å²) >= 11 is 0. The first kappa shape index (κ1) is 35.1. The maximum atomic E-state index is 14.3. The first-order chi connectivity index (χ1) is 24.8. The van der Waals surface area contributed by atoms with E-state index in [2.05, 4.69) is 15.6 Å². The summed E-state index contributed by atoms with van der Waals surface area (Å²) in [5, 5.41) is 5.62. The first-order valence-corrected chi connectivity index (χ1v) is 16.9. The van der Waals surface area contributed by atoms with Gasteiger partial charge in [-0.15, -0.1) is 0 Å². The van der Waals surface area contributed by atoms with Gasteiger partial charge in [-0.3, -0.25) is 14.6 Å². The number of unbranched alkanes of at least 4 members (excludes halogenated alkanes) is 1. The van der Waals surface area contributed by atoms with Crippen LogP contribution in [0.3, 0.4) is 0 Å². The van der Waals surface area contributed by atoms with Crippen LogP contribution in [-0.2, 0) is 22.8 Å². The number of nitrogens with zero attached hydrogens (tertiary/aromatic N) is 1. The minimum Gasteiger partial charge on any atom is -0.321 e. The van der Waals surface area contributed by atoms with E-state index in [0.717, 1.165) is 40.1 Å². The highest BCUT2D eigenvalue weighted by Crippen LogP contribution is 2.53. The van der Waals surface area contributed by atoms with Crippen LogP contribution >= 0.6 is 0 Å². The number of fused-ring (bicyclic) bond motifs is 3. The molecular formula is C41H33F6N3O2. The van der Waals surface area contributed by atoms with Crippen LogP contribution in [0, 0.1) is 0 Å². The summed E-state index contributed by atoms with van der Waals surface area (Å²) in [5.74, 6) is -0.683. The van der Waals surface area contributed by atoms with Crippen LogP contribution < -0.4 is 10.6 Å². The second-order valence-corrected chi connectivity index (χ2v) is 13.3. The number of hydrogen-bond acceptors (Lipinski definition) is 4. The maximum Gasteiger partial charge on any atom is 0.416 e. The number of aromatic nitrogens is 1. The third-order valence-corrected chi connectivity index (χ3v) is 9.92. The number of rotatable bonds is 11. The van der Waals surface area contributed by atoms with E-state index < -0.39 is 47.7 Å². The Morgan fingerprint density at radius 3 is 1.94 bits per heavy atom. The highest BCUT2D eigenvalue weighted by Gasteiger charge is 2.57. The molecule has 4 aromatic carbocycles. The lowest BCUT2D eigenvalue weighted by Crippen LogP contribution is -2.40. The number of ketones is 1. The van der Waals surface area contributed by atoms with E-state index in [1.54, 1.807) is 36.4 Å². The normalized spacial score (nSPS) is 17.3. The number of carbonyl (C=O) groups excluding carboxylic acids is 2. The second-order valence-electron chi connectivity index (χ2n) is 13.3. The van der Waals surface area contributed by atoms with Crippen LogP contribution in [0.15, 0.2) is 115 Å². The lowest BCUT2D eigenvalue weighted by atomic mass is 9.69. The Morgan fingerprint density at radius 2 is 1.35 bits per heavy atom. The molecule has 0 bridgehead atoms. The number of carbonyl (C=O) groups is 2. The maximum absolute atomic E-state index is 14.3. The van der Waals surface area contributed by atoms with E-state index in [1.807, 2.05) is 48.5 Å². The monoisotopic (exact) mass is 713 g/mol. The van der Waals surface area contributed by atoms with Gasteiger partial charge < -0.3 is 10.6 Å². The van der Waals surface area contributed by atoms with E-state index in [4.69, 9.17) is 0 Å². The van der Waals surface area contributed by atoms with Gasteiger partial charge in [0, 0.05) is 17.3 Å². The first-order valence-electron chi connectivity index (χ1n) is 16.9. The molecular weight excluding hydrogens is 680 g/mol. The molecule has 1 aromatic heterocycles. The average molecular weight is 714 g/mol. The molecule has 1 aliphatic carbocycles. The van der Waals surface area contributed by atoms with Gasteiger partial charge in [0.1, 0.15) is 0 Å². The summed E-state index contributed by atoms with van der Waals surface area (Å²) in [5.41, 5.74) is 4.04. The molecule has 0 radical (unpaired) electrons. The van der Waals surface area contributed by atoms with Gasteiger partial charge in [-0.2, -0.15) is 26.3 Å². The number of benzene rings is 4. The largest absolute Gasteiger partial charge is 0.416 e. The van der Waals surface area contributed by atoms with E-state index in [0.29, 0.717) is 42.5 Å². The zero-order valence-electron chi connectivity index (χ0n) is 27.7. The Labute approximate surface area is 296 Å². The van der Waals surface area contributed by atoms with Gasteiger partial charge in [-0.05, 0) is 83.0 Å². The third kappa shape index (κ3) is 6.97. The van der Waals surface area contributed by atoms with Crippen LogP contribution in [-0.4, -0.2) is 34.9 Å². The predicted molar refractivity (Wildman–Crippen MR) is 186 cm³/mol. The average Bonchev–Trinajstić information content (AvgIpc) is 3.82. The number of pyridine rings is 1. The Morgan fingerprint density at radius 1 is 0.731 bits per heavy atom. The number of hydrogen-bond donors (Lipinski definition) is 2. The smallest absolute Gasteiger partial charge is 0.321 e. The summed E-state index contributed by atoms with van der Waals surface area (Å²) < 4.78 is 78.9. The van der Waals surface area contributed by atoms with Crippen molar-refractivity contribution in [3.8, 4) is 22.3 Å². The summed E-state index contributed by atoms with van der Waals surface area (Å²) in [6, 6.07) is 28.2. The topological polar surface area (TPSA) is 81.0 Å². The molecule has 2 heterocycles. The zero-order chi connectivity index (χ0) is 36.7. The quantitative estimate of drug-likeness (QED) is 0.0812. The van der Waals surface area contributed by atoms with Gasteiger partial charge in [0.25, 0.3) is 5.91 Å². The van der Waals surface area contributed by atoms with Crippen LogP contribution in [0.5, 0.6) is 0 Å². The zero-order valence-corrected chi connectivity index (χ0v) is 27.7. The molecule has 7 rings (SSSR count). The molecule has 1 amide bonds. The summed E-state index contributed by atoms with van der Waals surface area (Å²) in [6.07, 6.45) is -6.13. The van der Waals surface area contributed by atoms with Gasteiger partial charge >= 0.3 is 12.4 Å². The summed E-state index contributed by atoms with van der Waals surface area (Å²) in [4.78, 5) is 32.0. The Hall–Kier alpha value is -5.29. The van der Waals surface area contributed by atoms with Crippen molar-refractivity contribution >= 4 is 17.4 Å². The van der Waals surface area contributed by atoms with E-state index in [1.165, 1.54) is 18.3 Å². The predicted octanol–water partition coefficient (Wildman–Crippen LogP) is 9.56. The summed E-state index contributed by atoms with van der Waals surface area (Å²) in [7, 11) is 0. The Kier molecular flexibility index (Phi) is 9.25. The number of amides is 1. The van der Waals surface area contributed by atoms with E-state index >= 15 is 0 Å². The van der Waals surface area contributed by atoms with Gasteiger partial charge in [-0.25, -0.2) is 0 Å². The number of anilines is 1. The SMILES string of the molecule is O=C(Nc1ccc(CCCCC2(C(=O)[C@@H]3NC3CC(F)(F)F)c3ccccc3-c3ccccc32)nc1)c1ccccc1-c1ccc(C(F)(F)F)cc1.